The van der Waals surface area contributed by atoms with Crippen LogP contribution in [0.2, 0.25) is 5.02 Å². The topological polar surface area (TPSA) is 24.9 Å². The molecule has 0 saturated heterocycles. The van der Waals surface area contributed by atoms with Gasteiger partial charge >= 0.3 is 0 Å². The van der Waals surface area contributed by atoms with Gasteiger partial charge in [0.05, 0.1) is 5.02 Å². The number of halogens is 1. The molecule has 0 fully saturated rings. The van der Waals surface area contributed by atoms with Crippen molar-refractivity contribution in [2.45, 2.75) is 36.4 Å². The van der Waals surface area contributed by atoms with Crippen molar-refractivity contribution in [2.75, 3.05) is 0 Å². The van der Waals surface area contributed by atoms with Crippen LogP contribution < -0.4 is 5.32 Å². The molecule has 1 aromatic heterocycles. The molecule has 0 aliphatic rings. The zero-order chi connectivity index (χ0) is 13.7. The molecule has 2 nitrogen and oxygen atoms in total. The predicted molar refractivity (Wildman–Crippen MR) is 81.8 cm³/mol. The van der Waals surface area contributed by atoms with Crippen molar-refractivity contribution in [1.82, 2.24) is 10.3 Å². The Morgan fingerprint density at radius 1 is 1.21 bits per heavy atom. The zero-order valence-corrected chi connectivity index (χ0v) is 12.6. The second-order valence-corrected chi connectivity index (χ2v) is 6.06. The molecule has 0 atom stereocenters. The summed E-state index contributed by atoms with van der Waals surface area (Å²) < 4.78 is 0. The highest BCUT2D eigenvalue weighted by Crippen LogP contribution is 2.29. The normalized spacial score (nSPS) is 10.9. The van der Waals surface area contributed by atoms with Gasteiger partial charge < -0.3 is 5.32 Å². The summed E-state index contributed by atoms with van der Waals surface area (Å²) in [6.45, 7) is 5.17. The first kappa shape index (κ1) is 14.4. The van der Waals surface area contributed by atoms with E-state index < -0.39 is 0 Å². The Balaban J connectivity index is 2.13. The second kappa shape index (κ2) is 6.94. The minimum atomic E-state index is 0.478. The van der Waals surface area contributed by atoms with E-state index in [1.165, 1.54) is 10.5 Å². The first-order valence-electron chi connectivity index (χ1n) is 6.26. The van der Waals surface area contributed by atoms with Gasteiger partial charge in [-0.25, -0.2) is 4.98 Å². The van der Waals surface area contributed by atoms with Gasteiger partial charge in [-0.1, -0.05) is 55.4 Å². The predicted octanol–water partition coefficient (Wildman–Crippen LogP) is 4.38. The van der Waals surface area contributed by atoms with Gasteiger partial charge in [-0.15, -0.1) is 0 Å². The number of hydrogen-bond donors (Lipinski definition) is 1. The Kier molecular flexibility index (Phi) is 5.25. The Hall–Kier alpha value is -1.03. The summed E-state index contributed by atoms with van der Waals surface area (Å²) in [4.78, 5) is 5.55. The number of rotatable bonds is 5. The van der Waals surface area contributed by atoms with Crippen LogP contribution in [0.1, 0.15) is 19.4 Å². The van der Waals surface area contributed by atoms with Crippen molar-refractivity contribution < 1.29 is 0 Å². The number of benzene rings is 1. The van der Waals surface area contributed by atoms with Crippen molar-refractivity contribution in [3.8, 4) is 0 Å². The Morgan fingerprint density at radius 2 is 2.00 bits per heavy atom. The van der Waals surface area contributed by atoms with Gasteiger partial charge in [-0.2, -0.15) is 0 Å². The van der Waals surface area contributed by atoms with E-state index in [0.29, 0.717) is 11.1 Å². The molecule has 1 aromatic carbocycles. The summed E-state index contributed by atoms with van der Waals surface area (Å²) in [6, 6.07) is 12.7. The number of nitrogens with zero attached hydrogens (tertiary/aromatic N) is 1. The summed E-state index contributed by atoms with van der Waals surface area (Å²) >= 11 is 7.51. The third kappa shape index (κ3) is 4.53. The van der Waals surface area contributed by atoms with Crippen molar-refractivity contribution in [1.29, 1.82) is 0 Å². The molecule has 1 N–H and O–H groups in total. The molecule has 4 heteroatoms. The molecule has 19 heavy (non-hydrogen) atoms. The smallest absolute Gasteiger partial charge is 0.101 e. The van der Waals surface area contributed by atoms with Gasteiger partial charge in [-0.05, 0) is 23.8 Å². The van der Waals surface area contributed by atoms with E-state index >= 15 is 0 Å². The molecule has 0 aliphatic heterocycles. The zero-order valence-electron chi connectivity index (χ0n) is 11.1. The number of pyridine rings is 1. The lowest BCUT2D eigenvalue weighted by molar-refractivity contribution is 0.585. The van der Waals surface area contributed by atoms with E-state index in [1.807, 2.05) is 12.1 Å². The van der Waals surface area contributed by atoms with Crippen LogP contribution >= 0.6 is 23.4 Å². The summed E-state index contributed by atoms with van der Waals surface area (Å²) in [7, 11) is 0. The average molecular weight is 293 g/mol. The lowest BCUT2D eigenvalue weighted by Gasteiger charge is -2.12. The summed E-state index contributed by atoms with van der Waals surface area (Å²) in [5.74, 6) is 0. The van der Waals surface area contributed by atoms with E-state index in [1.54, 1.807) is 18.0 Å². The Labute approximate surface area is 123 Å². The van der Waals surface area contributed by atoms with Crippen LogP contribution in [0.5, 0.6) is 0 Å². The minimum absolute atomic E-state index is 0.478. The third-order valence-electron chi connectivity index (χ3n) is 2.59. The monoisotopic (exact) mass is 292 g/mol. The van der Waals surface area contributed by atoms with Crippen molar-refractivity contribution in [3.63, 3.8) is 0 Å². The number of nitrogens with one attached hydrogen (secondary N) is 1. The maximum absolute atomic E-state index is 5.85. The van der Waals surface area contributed by atoms with E-state index in [-0.39, 0.29) is 0 Å². The molecular formula is C15H17ClN2S. The quantitative estimate of drug-likeness (QED) is 0.885. The standard InChI is InChI=1S/C15H17ClN2S/c1-11(2)17-9-12-5-3-4-6-14(12)19-15-8-7-13(16)10-18-15/h3-8,10-11,17H,9H2,1-2H3. The van der Waals surface area contributed by atoms with Gasteiger partial charge in [0.25, 0.3) is 0 Å². The van der Waals surface area contributed by atoms with Gasteiger partial charge in [0.15, 0.2) is 0 Å². The lowest BCUT2D eigenvalue weighted by atomic mass is 10.2. The van der Waals surface area contributed by atoms with Crippen molar-refractivity contribution in [3.05, 3.63) is 53.2 Å². The minimum Gasteiger partial charge on any atom is -0.310 e. The first-order valence-corrected chi connectivity index (χ1v) is 7.45. The molecule has 1 heterocycles. The lowest BCUT2D eigenvalue weighted by Crippen LogP contribution is -2.22. The van der Waals surface area contributed by atoms with E-state index in [2.05, 4.69) is 48.4 Å². The Morgan fingerprint density at radius 3 is 2.68 bits per heavy atom. The number of hydrogen-bond acceptors (Lipinski definition) is 3. The summed E-state index contributed by atoms with van der Waals surface area (Å²) in [5.41, 5.74) is 1.29. The van der Waals surface area contributed by atoms with Gasteiger partial charge in [0.2, 0.25) is 0 Å². The van der Waals surface area contributed by atoms with Crippen LogP contribution in [0.25, 0.3) is 0 Å². The molecule has 0 radical (unpaired) electrons. The molecule has 100 valence electrons. The molecule has 2 aromatic rings. The SMILES string of the molecule is CC(C)NCc1ccccc1Sc1ccc(Cl)cn1. The molecule has 0 bridgehead atoms. The van der Waals surface area contributed by atoms with Gasteiger partial charge in [-0.3, -0.25) is 0 Å². The summed E-state index contributed by atoms with van der Waals surface area (Å²) in [5, 5.41) is 5.07. The van der Waals surface area contributed by atoms with Crippen molar-refractivity contribution in [2.24, 2.45) is 0 Å². The molecule has 2 rings (SSSR count). The highest BCUT2D eigenvalue weighted by atomic mass is 35.5. The van der Waals surface area contributed by atoms with Crippen LogP contribution in [-0.4, -0.2) is 11.0 Å². The number of aromatic nitrogens is 1. The second-order valence-electron chi connectivity index (χ2n) is 4.56. The van der Waals surface area contributed by atoms with Crippen LogP contribution in [0, 0.1) is 0 Å². The van der Waals surface area contributed by atoms with E-state index in [4.69, 9.17) is 11.6 Å². The molecule has 0 spiro atoms. The van der Waals surface area contributed by atoms with Crippen molar-refractivity contribution >= 4 is 23.4 Å². The van der Waals surface area contributed by atoms with E-state index in [9.17, 15) is 0 Å². The molecule has 0 aliphatic carbocycles. The Bertz CT molecular complexity index is 526. The maximum Gasteiger partial charge on any atom is 0.101 e. The average Bonchev–Trinajstić information content (AvgIpc) is 2.40. The van der Waals surface area contributed by atoms with E-state index in [0.717, 1.165) is 11.6 Å². The van der Waals surface area contributed by atoms with Crippen LogP contribution in [0.15, 0.2) is 52.5 Å². The van der Waals surface area contributed by atoms with Crippen LogP contribution in [0.4, 0.5) is 0 Å². The molecule has 0 unspecified atom stereocenters. The molecule has 0 amide bonds. The van der Waals surface area contributed by atoms with Gasteiger partial charge in [0, 0.05) is 23.7 Å². The molecular weight excluding hydrogens is 276 g/mol. The highest BCUT2D eigenvalue weighted by Gasteiger charge is 2.05. The maximum atomic E-state index is 5.85. The van der Waals surface area contributed by atoms with Crippen LogP contribution in [-0.2, 0) is 6.54 Å². The fourth-order valence-electron chi connectivity index (χ4n) is 1.60. The fourth-order valence-corrected chi connectivity index (χ4v) is 2.60. The molecule has 0 saturated carbocycles. The van der Waals surface area contributed by atoms with Gasteiger partial charge in [0.1, 0.15) is 5.03 Å². The summed E-state index contributed by atoms with van der Waals surface area (Å²) in [6.07, 6.45) is 1.68. The van der Waals surface area contributed by atoms with Crippen LogP contribution in [0.3, 0.4) is 0 Å². The largest absolute Gasteiger partial charge is 0.310 e. The fraction of sp³-hybridized carbons (Fsp3) is 0.267. The highest BCUT2D eigenvalue weighted by molar-refractivity contribution is 7.99. The third-order valence-corrected chi connectivity index (χ3v) is 3.88. The first-order chi connectivity index (χ1) is 9.15.